The molecular formula is C15H15NO5. The van der Waals surface area contributed by atoms with Crippen molar-refractivity contribution < 1.29 is 23.9 Å². The molecule has 0 bridgehead atoms. The molecule has 110 valence electrons. The highest BCUT2D eigenvalue weighted by molar-refractivity contribution is 6.23. The lowest BCUT2D eigenvalue weighted by atomic mass is 9.92. The number of ether oxygens (including phenoxy) is 2. The van der Waals surface area contributed by atoms with Gasteiger partial charge in [-0.3, -0.25) is 14.6 Å². The maximum Gasteiger partial charge on any atom is 0.340 e. The molecule has 1 aliphatic heterocycles. The summed E-state index contributed by atoms with van der Waals surface area (Å²) in [6.45, 7) is 3.77. The monoisotopic (exact) mass is 289 g/mol. The van der Waals surface area contributed by atoms with Gasteiger partial charge in [0.05, 0.1) is 24.5 Å². The first-order valence-corrected chi connectivity index (χ1v) is 6.65. The molecule has 1 aromatic rings. The van der Waals surface area contributed by atoms with Crippen LogP contribution in [-0.4, -0.2) is 37.2 Å². The summed E-state index contributed by atoms with van der Waals surface area (Å²) in [4.78, 5) is 40.0. The van der Waals surface area contributed by atoms with Gasteiger partial charge in [0.2, 0.25) is 0 Å². The molecule has 6 heteroatoms. The van der Waals surface area contributed by atoms with Gasteiger partial charge in [-0.2, -0.15) is 0 Å². The van der Waals surface area contributed by atoms with Crippen molar-refractivity contribution >= 4 is 29.6 Å². The van der Waals surface area contributed by atoms with Gasteiger partial charge in [-0.05, 0) is 26.0 Å². The fraction of sp³-hybridized carbons (Fsp3) is 0.333. The van der Waals surface area contributed by atoms with E-state index in [-0.39, 0.29) is 30.0 Å². The van der Waals surface area contributed by atoms with Crippen molar-refractivity contribution in [2.24, 2.45) is 10.9 Å². The molecule has 0 fully saturated rings. The molecule has 1 unspecified atom stereocenters. The Kier molecular flexibility index (Phi) is 4.47. The van der Waals surface area contributed by atoms with Crippen LogP contribution in [0.1, 0.15) is 34.6 Å². The maximum atomic E-state index is 12.3. The van der Waals surface area contributed by atoms with E-state index in [2.05, 4.69) is 4.99 Å². The second-order valence-corrected chi connectivity index (χ2v) is 4.29. The zero-order valence-corrected chi connectivity index (χ0v) is 11.8. The van der Waals surface area contributed by atoms with Gasteiger partial charge < -0.3 is 9.47 Å². The minimum atomic E-state index is -1.06. The number of para-hydroxylation sites is 1. The van der Waals surface area contributed by atoms with Crippen LogP contribution in [0.3, 0.4) is 0 Å². The van der Waals surface area contributed by atoms with E-state index in [9.17, 15) is 14.4 Å². The van der Waals surface area contributed by atoms with Crippen LogP contribution in [0.15, 0.2) is 23.2 Å². The van der Waals surface area contributed by atoms with Crippen molar-refractivity contribution in [2.75, 3.05) is 13.2 Å². The van der Waals surface area contributed by atoms with Crippen LogP contribution in [0.5, 0.6) is 0 Å². The summed E-state index contributed by atoms with van der Waals surface area (Å²) >= 11 is 0. The topological polar surface area (TPSA) is 82.0 Å². The number of hydrogen-bond acceptors (Lipinski definition) is 6. The van der Waals surface area contributed by atoms with E-state index >= 15 is 0 Å². The Labute approximate surface area is 121 Å². The second-order valence-electron chi connectivity index (χ2n) is 4.29. The lowest BCUT2D eigenvalue weighted by Crippen LogP contribution is -2.30. The maximum absolute atomic E-state index is 12.3. The van der Waals surface area contributed by atoms with Gasteiger partial charge in [0.25, 0.3) is 0 Å². The first-order valence-electron chi connectivity index (χ1n) is 6.65. The van der Waals surface area contributed by atoms with Crippen molar-refractivity contribution in [2.45, 2.75) is 13.8 Å². The third kappa shape index (κ3) is 2.84. The predicted molar refractivity (Wildman–Crippen MR) is 75.0 cm³/mol. The van der Waals surface area contributed by atoms with Crippen molar-refractivity contribution in [3.63, 3.8) is 0 Å². The van der Waals surface area contributed by atoms with E-state index < -0.39 is 23.6 Å². The summed E-state index contributed by atoms with van der Waals surface area (Å²) in [6.07, 6.45) is 1.21. The molecule has 21 heavy (non-hydrogen) atoms. The number of nitrogens with zero attached hydrogens (tertiary/aromatic N) is 1. The van der Waals surface area contributed by atoms with Crippen LogP contribution >= 0.6 is 0 Å². The minimum absolute atomic E-state index is 0.187. The first-order chi connectivity index (χ1) is 10.1. The molecule has 0 aliphatic carbocycles. The summed E-state index contributed by atoms with van der Waals surface area (Å²) in [5, 5.41) is 0. The third-order valence-corrected chi connectivity index (χ3v) is 2.97. The summed E-state index contributed by atoms with van der Waals surface area (Å²) in [5.41, 5.74) is 0.670. The van der Waals surface area contributed by atoms with E-state index in [1.165, 1.54) is 18.3 Å². The Morgan fingerprint density at radius 3 is 2.57 bits per heavy atom. The van der Waals surface area contributed by atoms with Crippen LogP contribution in [0, 0.1) is 5.92 Å². The molecule has 0 amide bonds. The number of hydrogen-bond donors (Lipinski definition) is 0. The summed E-state index contributed by atoms with van der Waals surface area (Å²) < 4.78 is 9.77. The quantitative estimate of drug-likeness (QED) is 0.625. The average Bonchev–Trinajstić information content (AvgIpc) is 2.47. The number of carbonyl (C=O) groups excluding carboxylic acids is 3. The van der Waals surface area contributed by atoms with E-state index in [4.69, 9.17) is 9.47 Å². The molecule has 1 aromatic carbocycles. The normalized spacial score (nSPS) is 16.3. The van der Waals surface area contributed by atoms with Crippen molar-refractivity contribution in [3.8, 4) is 0 Å². The number of esters is 2. The highest BCUT2D eigenvalue weighted by Crippen LogP contribution is 2.31. The number of aliphatic imine (C=N–C) groups is 1. The fourth-order valence-electron chi connectivity index (χ4n) is 2.04. The lowest BCUT2D eigenvalue weighted by molar-refractivity contribution is -0.144. The standard InChI is InChI=1S/C15H15NO5/c1-3-20-14(18)10-7-5-6-9-12(10)16-8-11(13(9)17)15(19)21-4-2/h5-8,11H,3-4H2,1-2H3. The zero-order valence-electron chi connectivity index (χ0n) is 11.8. The molecular weight excluding hydrogens is 274 g/mol. The molecule has 1 heterocycles. The minimum Gasteiger partial charge on any atom is -0.465 e. The Bertz CT molecular complexity index is 620. The second kappa shape index (κ2) is 6.30. The van der Waals surface area contributed by atoms with Gasteiger partial charge in [0.15, 0.2) is 11.7 Å². The number of benzene rings is 1. The molecule has 6 nitrogen and oxygen atoms in total. The van der Waals surface area contributed by atoms with Gasteiger partial charge in [-0.1, -0.05) is 6.07 Å². The highest BCUT2D eigenvalue weighted by Gasteiger charge is 2.33. The van der Waals surface area contributed by atoms with Crippen LogP contribution in [0.2, 0.25) is 0 Å². The van der Waals surface area contributed by atoms with E-state index in [0.29, 0.717) is 0 Å². The molecule has 1 atom stereocenters. The molecule has 0 spiro atoms. The molecule has 2 rings (SSSR count). The van der Waals surface area contributed by atoms with Crippen LogP contribution in [-0.2, 0) is 14.3 Å². The lowest BCUT2D eigenvalue weighted by Gasteiger charge is -2.17. The smallest absolute Gasteiger partial charge is 0.340 e. The first kappa shape index (κ1) is 14.9. The van der Waals surface area contributed by atoms with Gasteiger partial charge in [-0.25, -0.2) is 4.79 Å². The highest BCUT2D eigenvalue weighted by atomic mass is 16.5. The molecule has 0 aromatic heterocycles. The summed E-state index contributed by atoms with van der Waals surface area (Å²) in [7, 11) is 0. The van der Waals surface area contributed by atoms with Crippen molar-refractivity contribution in [1.29, 1.82) is 0 Å². The number of rotatable bonds is 4. The molecule has 0 saturated heterocycles. The van der Waals surface area contributed by atoms with Gasteiger partial charge in [0, 0.05) is 11.8 Å². The fourth-order valence-corrected chi connectivity index (χ4v) is 2.04. The number of fused-ring (bicyclic) bond motifs is 1. The van der Waals surface area contributed by atoms with Gasteiger partial charge >= 0.3 is 11.9 Å². The largest absolute Gasteiger partial charge is 0.465 e. The van der Waals surface area contributed by atoms with Crippen LogP contribution in [0.25, 0.3) is 0 Å². The van der Waals surface area contributed by atoms with E-state index in [0.717, 1.165) is 0 Å². The van der Waals surface area contributed by atoms with Gasteiger partial charge in [0.1, 0.15) is 0 Å². The molecule has 0 radical (unpaired) electrons. The Balaban J connectivity index is 2.39. The summed E-state index contributed by atoms with van der Waals surface area (Å²) in [5.74, 6) is -2.67. The molecule has 0 N–H and O–H groups in total. The summed E-state index contributed by atoms with van der Waals surface area (Å²) in [6, 6.07) is 4.63. The average molecular weight is 289 g/mol. The molecule has 1 aliphatic rings. The Morgan fingerprint density at radius 1 is 1.19 bits per heavy atom. The van der Waals surface area contributed by atoms with E-state index in [1.54, 1.807) is 19.9 Å². The Morgan fingerprint density at radius 2 is 1.90 bits per heavy atom. The zero-order chi connectivity index (χ0) is 15.4. The van der Waals surface area contributed by atoms with Crippen LogP contribution in [0.4, 0.5) is 5.69 Å². The molecule has 0 saturated carbocycles. The predicted octanol–water partition coefficient (Wildman–Crippen LogP) is 1.94. The number of Topliss-reactive ketones (excluding diaryl/α,β-unsaturated/α-hetero) is 1. The van der Waals surface area contributed by atoms with E-state index in [1.807, 2.05) is 0 Å². The number of carbonyl (C=O) groups is 3. The van der Waals surface area contributed by atoms with Crippen LogP contribution < -0.4 is 0 Å². The third-order valence-electron chi connectivity index (χ3n) is 2.97. The number of ketones is 1. The van der Waals surface area contributed by atoms with Crippen molar-refractivity contribution in [1.82, 2.24) is 0 Å². The Hall–Kier alpha value is -2.50. The van der Waals surface area contributed by atoms with Gasteiger partial charge in [-0.15, -0.1) is 0 Å². The van der Waals surface area contributed by atoms with Crippen molar-refractivity contribution in [3.05, 3.63) is 29.3 Å². The SMILES string of the molecule is CCOC(=O)c1cccc2c1N=CC(C(=O)OCC)C2=O.